The molecule has 1 aromatic heterocycles. The molecule has 0 atom stereocenters. The highest BCUT2D eigenvalue weighted by Gasteiger charge is 2.38. The molecule has 0 fully saturated rings. The monoisotopic (exact) mass is 347 g/mol. The molecule has 6 nitrogen and oxygen atoms in total. The Morgan fingerprint density at radius 3 is 2.33 bits per heavy atom. The van der Waals surface area contributed by atoms with Crippen LogP contribution in [-0.2, 0) is 11.2 Å². The summed E-state index contributed by atoms with van der Waals surface area (Å²) in [6.07, 6.45) is -1.38. The molecule has 0 aliphatic rings. The van der Waals surface area contributed by atoms with Gasteiger partial charge in [0, 0.05) is 18.9 Å². The van der Waals surface area contributed by atoms with Gasteiger partial charge in [-0.2, -0.15) is 13.2 Å². The van der Waals surface area contributed by atoms with Crippen LogP contribution in [0.4, 0.5) is 23.4 Å². The zero-order valence-corrected chi connectivity index (χ0v) is 12.1. The van der Waals surface area contributed by atoms with E-state index in [-0.39, 0.29) is 11.4 Å². The molecular weight excluding hydrogens is 334 g/mol. The Morgan fingerprint density at radius 2 is 1.83 bits per heavy atom. The highest BCUT2D eigenvalue weighted by Crippen LogP contribution is 2.13. The molecule has 2 rings (SSSR count). The molecule has 3 N–H and O–H groups in total. The molecule has 1 aromatic carbocycles. The Labute approximate surface area is 133 Å². The number of aromatic nitrogens is 2. The van der Waals surface area contributed by atoms with Gasteiger partial charge in [0.1, 0.15) is 5.82 Å². The van der Waals surface area contributed by atoms with Crippen molar-refractivity contribution in [2.75, 3.05) is 11.9 Å². The van der Waals surface area contributed by atoms with Crippen molar-refractivity contribution in [1.82, 2.24) is 9.97 Å². The minimum absolute atomic E-state index is 0.244. The van der Waals surface area contributed by atoms with Gasteiger partial charge in [-0.25, -0.2) is 14.2 Å². The van der Waals surface area contributed by atoms with Gasteiger partial charge in [-0.05, 0) is 24.1 Å². The van der Waals surface area contributed by atoms with Crippen molar-refractivity contribution in [3.63, 3.8) is 0 Å². The van der Waals surface area contributed by atoms with Crippen LogP contribution in [0.1, 0.15) is 5.56 Å². The smallest absolute Gasteiger partial charge is 0.475 e. The quantitative estimate of drug-likeness (QED) is 0.737. The first-order valence-corrected chi connectivity index (χ1v) is 6.52. The van der Waals surface area contributed by atoms with Gasteiger partial charge in [0.2, 0.25) is 0 Å². The fourth-order valence-electron chi connectivity index (χ4n) is 1.45. The van der Waals surface area contributed by atoms with Gasteiger partial charge in [-0.15, -0.1) is 0 Å². The van der Waals surface area contributed by atoms with E-state index in [2.05, 4.69) is 15.3 Å². The molecule has 0 spiro atoms. The lowest BCUT2D eigenvalue weighted by molar-refractivity contribution is -0.192. The molecule has 24 heavy (non-hydrogen) atoms. The van der Waals surface area contributed by atoms with E-state index < -0.39 is 12.1 Å². The van der Waals surface area contributed by atoms with Gasteiger partial charge in [0.05, 0.1) is 0 Å². The summed E-state index contributed by atoms with van der Waals surface area (Å²) in [5.41, 5.74) is 0.762. The van der Waals surface area contributed by atoms with Crippen LogP contribution in [0.3, 0.4) is 0 Å². The summed E-state index contributed by atoms with van der Waals surface area (Å²) in [7, 11) is 0. The Kier molecular flexibility index (Phi) is 6.90. The van der Waals surface area contributed by atoms with Gasteiger partial charge in [-0.3, -0.25) is 4.79 Å². The third-order valence-electron chi connectivity index (χ3n) is 2.57. The average molecular weight is 347 g/mol. The minimum Gasteiger partial charge on any atom is -0.475 e. The number of alkyl halides is 3. The zero-order valence-electron chi connectivity index (χ0n) is 12.1. The number of carboxylic acid groups (broad SMARTS) is 1. The van der Waals surface area contributed by atoms with Crippen molar-refractivity contribution < 1.29 is 27.5 Å². The van der Waals surface area contributed by atoms with Crippen molar-refractivity contribution in [2.24, 2.45) is 0 Å². The maximum absolute atomic E-state index is 12.7. The number of carbonyl (C=O) groups is 1. The number of benzene rings is 1. The van der Waals surface area contributed by atoms with Gasteiger partial charge in [0.15, 0.2) is 5.82 Å². The fraction of sp³-hybridized carbons (Fsp3) is 0.214. The van der Waals surface area contributed by atoms with Crippen LogP contribution in [0.15, 0.2) is 41.5 Å². The number of carboxylic acids is 1. The first kappa shape index (κ1) is 19.1. The van der Waals surface area contributed by atoms with Crippen molar-refractivity contribution in [3.8, 4) is 0 Å². The molecule has 0 radical (unpaired) electrons. The minimum atomic E-state index is -5.08. The molecule has 130 valence electrons. The largest absolute Gasteiger partial charge is 0.490 e. The van der Waals surface area contributed by atoms with E-state index in [0.29, 0.717) is 18.8 Å². The number of aromatic amines is 1. The summed E-state index contributed by atoms with van der Waals surface area (Å²) in [6.45, 7) is 0.575. The molecule has 2 aromatic rings. The number of anilines is 1. The first-order chi connectivity index (χ1) is 11.2. The molecule has 0 aliphatic heterocycles. The Bertz CT molecular complexity index is 714. The van der Waals surface area contributed by atoms with Crippen LogP contribution < -0.4 is 10.9 Å². The highest BCUT2D eigenvalue weighted by molar-refractivity contribution is 5.73. The van der Waals surface area contributed by atoms with Crippen LogP contribution in [-0.4, -0.2) is 33.8 Å². The first-order valence-electron chi connectivity index (χ1n) is 6.52. The predicted octanol–water partition coefficient (Wildman–Crippen LogP) is 2.20. The van der Waals surface area contributed by atoms with Crippen LogP contribution in [0.25, 0.3) is 0 Å². The standard InChI is InChI=1S/C12H12FN3O.C2HF3O2/c13-10-3-1-9(2-4-10)5-6-14-11-12(17)16-8-7-15-11;3-2(4,5)1(6)7/h1-4,7-8H,5-6H2,(H,14,15)(H,16,17);(H,6,7). The number of nitrogens with zero attached hydrogens (tertiary/aromatic N) is 1. The van der Waals surface area contributed by atoms with Gasteiger partial charge >= 0.3 is 12.1 Å². The maximum Gasteiger partial charge on any atom is 0.490 e. The van der Waals surface area contributed by atoms with Crippen LogP contribution >= 0.6 is 0 Å². The number of hydrogen-bond acceptors (Lipinski definition) is 4. The molecular formula is C14H13F4N3O3. The van der Waals surface area contributed by atoms with E-state index in [4.69, 9.17) is 9.90 Å². The number of rotatable bonds is 4. The summed E-state index contributed by atoms with van der Waals surface area (Å²) < 4.78 is 44.4. The lowest BCUT2D eigenvalue weighted by Crippen LogP contribution is -2.21. The van der Waals surface area contributed by atoms with E-state index in [1.807, 2.05) is 0 Å². The summed E-state index contributed by atoms with van der Waals surface area (Å²) >= 11 is 0. The average Bonchev–Trinajstić information content (AvgIpc) is 2.51. The SMILES string of the molecule is O=C(O)C(F)(F)F.O=c1[nH]ccnc1NCCc1ccc(F)cc1. The summed E-state index contributed by atoms with van der Waals surface area (Å²) in [5.74, 6) is -2.70. The lowest BCUT2D eigenvalue weighted by Gasteiger charge is -2.04. The third-order valence-corrected chi connectivity index (χ3v) is 2.57. The summed E-state index contributed by atoms with van der Waals surface area (Å²) in [6, 6.07) is 6.28. The van der Waals surface area contributed by atoms with E-state index in [1.165, 1.54) is 24.5 Å². The zero-order chi connectivity index (χ0) is 18.2. The summed E-state index contributed by atoms with van der Waals surface area (Å²) in [5, 5.41) is 10.1. The van der Waals surface area contributed by atoms with Crippen molar-refractivity contribution in [1.29, 1.82) is 0 Å². The summed E-state index contributed by atoms with van der Waals surface area (Å²) in [4.78, 5) is 26.6. The van der Waals surface area contributed by atoms with Gasteiger partial charge in [-0.1, -0.05) is 12.1 Å². The third kappa shape index (κ3) is 6.90. The molecule has 10 heteroatoms. The fourth-order valence-corrected chi connectivity index (χ4v) is 1.45. The number of H-pyrrole nitrogens is 1. The molecule has 0 aliphatic carbocycles. The second kappa shape index (κ2) is 8.65. The number of nitrogens with one attached hydrogen (secondary N) is 2. The Balaban J connectivity index is 0.000000351. The van der Waals surface area contributed by atoms with Crippen molar-refractivity contribution >= 4 is 11.8 Å². The van der Waals surface area contributed by atoms with Gasteiger partial charge < -0.3 is 15.4 Å². The van der Waals surface area contributed by atoms with Crippen molar-refractivity contribution in [2.45, 2.75) is 12.6 Å². The van der Waals surface area contributed by atoms with Crippen LogP contribution in [0.2, 0.25) is 0 Å². The van der Waals surface area contributed by atoms with E-state index in [9.17, 15) is 22.4 Å². The highest BCUT2D eigenvalue weighted by atomic mass is 19.4. The van der Waals surface area contributed by atoms with Gasteiger partial charge in [0.25, 0.3) is 5.56 Å². The molecule has 0 bridgehead atoms. The number of hydrogen-bond donors (Lipinski definition) is 3. The van der Waals surface area contributed by atoms with E-state index in [0.717, 1.165) is 5.56 Å². The Morgan fingerprint density at radius 1 is 1.25 bits per heavy atom. The van der Waals surface area contributed by atoms with E-state index >= 15 is 0 Å². The molecule has 0 saturated carbocycles. The maximum atomic E-state index is 12.7. The predicted molar refractivity (Wildman–Crippen MR) is 77.1 cm³/mol. The van der Waals surface area contributed by atoms with Crippen molar-refractivity contribution in [3.05, 3.63) is 58.4 Å². The Hall–Kier alpha value is -2.91. The van der Waals surface area contributed by atoms with E-state index in [1.54, 1.807) is 12.1 Å². The topological polar surface area (TPSA) is 95.1 Å². The number of aliphatic carboxylic acids is 1. The normalized spacial score (nSPS) is 10.5. The molecule has 0 saturated heterocycles. The molecule has 1 heterocycles. The van der Waals surface area contributed by atoms with Crippen LogP contribution in [0, 0.1) is 5.82 Å². The second-order valence-corrected chi connectivity index (χ2v) is 4.37. The second-order valence-electron chi connectivity index (χ2n) is 4.37. The lowest BCUT2D eigenvalue weighted by atomic mass is 10.1. The van der Waals surface area contributed by atoms with Crippen LogP contribution in [0.5, 0.6) is 0 Å². The number of halogens is 4. The molecule has 0 unspecified atom stereocenters. The molecule has 0 amide bonds.